The lowest BCUT2D eigenvalue weighted by Crippen LogP contribution is -2.24. The zero-order valence-corrected chi connectivity index (χ0v) is 15.2. The molecule has 2 unspecified atom stereocenters. The van der Waals surface area contributed by atoms with Crippen molar-refractivity contribution in [2.45, 2.75) is 26.2 Å². The van der Waals surface area contributed by atoms with Gasteiger partial charge in [-0.25, -0.2) is 0 Å². The fraction of sp³-hybridized carbons (Fsp3) is 0.208. The maximum absolute atomic E-state index is 13.3. The van der Waals surface area contributed by atoms with Crippen LogP contribution in [0.1, 0.15) is 36.0 Å². The molecule has 0 aromatic heterocycles. The molecule has 2 nitrogen and oxygen atoms in total. The molecule has 130 valence electrons. The smallest absolute Gasteiger partial charge is 0.236 e. The summed E-state index contributed by atoms with van der Waals surface area (Å²) in [5.41, 5.74) is 6.59. The van der Waals surface area contributed by atoms with Crippen LogP contribution in [0.25, 0.3) is 6.08 Å². The quantitative estimate of drug-likeness (QED) is 0.753. The second-order valence-electron chi connectivity index (χ2n) is 7.20. The Balaban J connectivity index is 1.78. The number of amides is 1. The van der Waals surface area contributed by atoms with E-state index in [2.05, 4.69) is 48.7 Å². The number of carbonyl (C=O) groups excluding carboxylic acids is 1. The number of nitrogens with one attached hydrogen (secondary N) is 1. The van der Waals surface area contributed by atoms with Crippen molar-refractivity contribution in [1.29, 1.82) is 0 Å². The van der Waals surface area contributed by atoms with E-state index in [1.54, 1.807) is 0 Å². The Bertz CT molecular complexity index is 931. The highest BCUT2D eigenvalue weighted by atomic mass is 16.1. The predicted octanol–water partition coefficient (Wildman–Crippen LogP) is 5.64. The van der Waals surface area contributed by atoms with Crippen molar-refractivity contribution in [1.82, 2.24) is 0 Å². The van der Waals surface area contributed by atoms with Gasteiger partial charge in [-0.2, -0.15) is 0 Å². The third-order valence-corrected chi connectivity index (χ3v) is 5.29. The van der Waals surface area contributed by atoms with E-state index in [0.29, 0.717) is 5.92 Å². The van der Waals surface area contributed by atoms with E-state index in [0.717, 1.165) is 28.8 Å². The molecule has 0 saturated heterocycles. The molecule has 2 aromatic rings. The highest BCUT2D eigenvalue weighted by Crippen LogP contribution is 2.40. The Morgan fingerprint density at radius 1 is 0.962 bits per heavy atom. The van der Waals surface area contributed by atoms with Crippen LogP contribution in [-0.4, -0.2) is 5.91 Å². The average Bonchev–Trinajstić information content (AvgIpc) is 2.81. The van der Waals surface area contributed by atoms with Crippen molar-refractivity contribution < 1.29 is 4.79 Å². The summed E-state index contributed by atoms with van der Waals surface area (Å²) in [6, 6.07) is 16.2. The largest absolute Gasteiger partial charge is 0.325 e. The topological polar surface area (TPSA) is 29.1 Å². The van der Waals surface area contributed by atoms with Gasteiger partial charge in [0.05, 0.1) is 5.92 Å². The highest BCUT2D eigenvalue weighted by Gasteiger charge is 2.31. The molecular formula is C24H23NO. The third kappa shape index (κ3) is 3.03. The molecule has 2 aromatic carbocycles. The minimum absolute atomic E-state index is 0.0243. The second-order valence-corrected chi connectivity index (χ2v) is 7.20. The maximum atomic E-state index is 13.3. The van der Waals surface area contributed by atoms with Crippen molar-refractivity contribution in [3.05, 3.63) is 94.6 Å². The molecule has 0 heterocycles. The molecule has 1 amide bonds. The van der Waals surface area contributed by atoms with Crippen LogP contribution in [-0.2, 0) is 4.79 Å². The van der Waals surface area contributed by atoms with Crippen LogP contribution in [0.3, 0.4) is 0 Å². The van der Waals surface area contributed by atoms with E-state index in [4.69, 9.17) is 0 Å². The average molecular weight is 341 g/mol. The number of rotatable bonds is 2. The lowest BCUT2D eigenvalue weighted by molar-refractivity contribution is -0.116. The van der Waals surface area contributed by atoms with Gasteiger partial charge in [0.25, 0.3) is 0 Å². The number of anilines is 1. The van der Waals surface area contributed by atoms with Gasteiger partial charge >= 0.3 is 0 Å². The Kier molecular flexibility index (Phi) is 4.34. The van der Waals surface area contributed by atoms with Crippen LogP contribution in [0.2, 0.25) is 0 Å². The molecule has 0 fully saturated rings. The number of allylic oxidation sites excluding steroid dienone is 4. The molecule has 2 heteroatoms. The number of benzene rings is 2. The van der Waals surface area contributed by atoms with Gasteiger partial charge < -0.3 is 5.32 Å². The first-order valence-electron chi connectivity index (χ1n) is 9.18. The first kappa shape index (κ1) is 16.6. The Morgan fingerprint density at radius 3 is 2.54 bits per heavy atom. The fourth-order valence-electron chi connectivity index (χ4n) is 3.84. The lowest BCUT2D eigenvalue weighted by atomic mass is 9.80. The SMILES string of the molecule is Cc1ccc(NC(=O)C2C3=C(C=Cc4ccccc42)C(C)CC=C3)cc1. The third-order valence-electron chi connectivity index (χ3n) is 5.29. The number of aryl methyl sites for hydroxylation is 1. The van der Waals surface area contributed by atoms with E-state index in [9.17, 15) is 4.79 Å². The molecular weight excluding hydrogens is 318 g/mol. The van der Waals surface area contributed by atoms with Crippen LogP contribution in [0.5, 0.6) is 0 Å². The van der Waals surface area contributed by atoms with Gasteiger partial charge in [-0.3, -0.25) is 4.79 Å². The highest BCUT2D eigenvalue weighted by molar-refractivity contribution is 6.00. The van der Waals surface area contributed by atoms with Gasteiger partial charge in [0.2, 0.25) is 5.91 Å². The molecule has 2 atom stereocenters. The second kappa shape index (κ2) is 6.80. The molecule has 2 aliphatic carbocycles. The molecule has 0 saturated carbocycles. The van der Waals surface area contributed by atoms with Crippen LogP contribution in [0, 0.1) is 12.8 Å². The van der Waals surface area contributed by atoms with Gasteiger partial charge in [-0.1, -0.05) is 73.2 Å². The Morgan fingerprint density at radius 2 is 1.73 bits per heavy atom. The number of carbonyl (C=O) groups is 1. The van der Waals surface area contributed by atoms with Crippen molar-refractivity contribution in [3.63, 3.8) is 0 Å². The van der Waals surface area contributed by atoms with Gasteiger partial charge in [-0.15, -0.1) is 0 Å². The first-order chi connectivity index (χ1) is 12.6. The number of fused-ring (bicyclic) bond motifs is 1. The van der Waals surface area contributed by atoms with E-state index < -0.39 is 0 Å². The molecule has 0 bridgehead atoms. The van der Waals surface area contributed by atoms with Gasteiger partial charge in [-0.05, 0) is 53.7 Å². The molecule has 0 aliphatic heterocycles. The standard InChI is InChI=1S/C24H23NO/c1-16-10-13-19(14-11-16)25-24(26)23-21-8-4-3-7-18(21)12-15-20-17(2)6-5-9-22(20)23/h3-5,7-15,17,23H,6H2,1-2H3,(H,25,26). The van der Waals surface area contributed by atoms with Gasteiger partial charge in [0.15, 0.2) is 0 Å². The summed E-state index contributed by atoms with van der Waals surface area (Å²) in [5, 5.41) is 3.12. The zero-order chi connectivity index (χ0) is 18.1. The van der Waals surface area contributed by atoms with E-state index in [1.165, 1.54) is 11.1 Å². The van der Waals surface area contributed by atoms with Crippen LogP contribution < -0.4 is 5.32 Å². The normalized spacial score (nSPS) is 21.0. The van der Waals surface area contributed by atoms with Crippen molar-refractivity contribution in [3.8, 4) is 0 Å². The van der Waals surface area contributed by atoms with E-state index in [-0.39, 0.29) is 11.8 Å². The van der Waals surface area contributed by atoms with Crippen LogP contribution >= 0.6 is 0 Å². The summed E-state index contributed by atoms with van der Waals surface area (Å²) in [6.07, 6.45) is 9.70. The summed E-state index contributed by atoms with van der Waals surface area (Å²) >= 11 is 0. The Hall–Kier alpha value is -2.87. The number of hydrogen-bond acceptors (Lipinski definition) is 1. The molecule has 26 heavy (non-hydrogen) atoms. The Labute approximate surface area is 154 Å². The summed E-state index contributed by atoms with van der Waals surface area (Å²) in [7, 11) is 0. The minimum atomic E-state index is -0.295. The lowest BCUT2D eigenvalue weighted by Gasteiger charge is -2.25. The van der Waals surface area contributed by atoms with Crippen LogP contribution in [0.15, 0.2) is 77.9 Å². The monoisotopic (exact) mass is 341 g/mol. The van der Waals surface area contributed by atoms with Crippen molar-refractivity contribution in [2.75, 3.05) is 5.32 Å². The molecule has 0 radical (unpaired) electrons. The molecule has 1 N–H and O–H groups in total. The van der Waals surface area contributed by atoms with Gasteiger partial charge in [0, 0.05) is 5.69 Å². The summed E-state index contributed by atoms with van der Waals surface area (Å²) in [5.74, 6) is 0.156. The molecule has 4 rings (SSSR count). The first-order valence-corrected chi connectivity index (χ1v) is 9.18. The van der Waals surface area contributed by atoms with Gasteiger partial charge in [0.1, 0.15) is 0 Å². The fourth-order valence-corrected chi connectivity index (χ4v) is 3.84. The van der Waals surface area contributed by atoms with Crippen molar-refractivity contribution >= 4 is 17.7 Å². The number of hydrogen-bond donors (Lipinski definition) is 1. The molecule has 0 spiro atoms. The molecule has 2 aliphatic rings. The van der Waals surface area contributed by atoms with E-state index in [1.807, 2.05) is 43.3 Å². The minimum Gasteiger partial charge on any atom is -0.325 e. The summed E-state index contributed by atoms with van der Waals surface area (Å²) in [4.78, 5) is 13.3. The maximum Gasteiger partial charge on any atom is 0.236 e. The van der Waals surface area contributed by atoms with Crippen molar-refractivity contribution in [2.24, 2.45) is 5.92 Å². The van der Waals surface area contributed by atoms with E-state index >= 15 is 0 Å². The zero-order valence-electron chi connectivity index (χ0n) is 15.2. The summed E-state index contributed by atoms with van der Waals surface area (Å²) in [6.45, 7) is 4.28. The predicted molar refractivity (Wildman–Crippen MR) is 108 cm³/mol. The summed E-state index contributed by atoms with van der Waals surface area (Å²) < 4.78 is 0. The van der Waals surface area contributed by atoms with Crippen LogP contribution in [0.4, 0.5) is 5.69 Å².